The zero-order valence-electron chi connectivity index (χ0n) is 15.6. The first kappa shape index (κ1) is 17.6. The van der Waals surface area contributed by atoms with E-state index in [-0.39, 0.29) is 11.8 Å². The van der Waals surface area contributed by atoms with Crippen LogP contribution in [0.25, 0.3) is 11.0 Å². The molecule has 0 unspecified atom stereocenters. The Morgan fingerprint density at radius 2 is 1.96 bits per heavy atom. The van der Waals surface area contributed by atoms with E-state index in [0.29, 0.717) is 13.2 Å². The van der Waals surface area contributed by atoms with E-state index in [4.69, 9.17) is 9.72 Å². The highest BCUT2D eigenvalue weighted by atomic mass is 16.5. The summed E-state index contributed by atoms with van der Waals surface area (Å²) in [5.41, 5.74) is 3.22. The van der Waals surface area contributed by atoms with Crippen LogP contribution < -0.4 is 10.1 Å². The molecule has 0 bridgehead atoms. The summed E-state index contributed by atoms with van der Waals surface area (Å²) in [7, 11) is 0. The van der Waals surface area contributed by atoms with E-state index in [0.717, 1.165) is 54.0 Å². The van der Waals surface area contributed by atoms with Crippen molar-refractivity contribution in [3.05, 3.63) is 59.9 Å². The largest absolute Gasteiger partial charge is 0.491 e. The number of hydrogen-bond acceptors (Lipinski definition) is 3. The molecule has 1 aromatic heterocycles. The molecular weight excluding hydrogens is 338 g/mol. The number of amides is 1. The number of fused-ring (bicyclic) bond motifs is 1. The van der Waals surface area contributed by atoms with Crippen LogP contribution in [0.4, 0.5) is 0 Å². The Labute approximate surface area is 159 Å². The molecule has 27 heavy (non-hydrogen) atoms. The normalized spacial score (nSPS) is 13.7. The number of rotatable bonds is 8. The second kappa shape index (κ2) is 7.82. The average Bonchev–Trinajstić information content (AvgIpc) is 3.47. The molecule has 4 rings (SSSR count). The maximum atomic E-state index is 11.9. The second-order valence-corrected chi connectivity index (χ2v) is 7.10. The highest BCUT2D eigenvalue weighted by molar-refractivity contribution is 5.80. The third kappa shape index (κ3) is 4.13. The van der Waals surface area contributed by atoms with Crippen LogP contribution in [0.3, 0.4) is 0 Å². The van der Waals surface area contributed by atoms with Gasteiger partial charge in [-0.3, -0.25) is 4.79 Å². The summed E-state index contributed by atoms with van der Waals surface area (Å²) in [6, 6.07) is 16.2. The smallest absolute Gasteiger partial charge is 0.223 e. The van der Waals surface area contributed by atoms with E-state index < -0.39 is 0 Å². The maximum Gasteiger partial charge on any atom is 0.223 e. The van der Waals surface area contributed by atoms with Gasteiger partial charge in [-0.1, -0.05) is 30.3 Å². The molecule has 0 saturated heterocycles. The molecule has 1 N–H and O–H groups in total. The summed E-state index contributed by atoms with van der Waals surface area (Å²) in [5.74, 6) is 2.33. The lowest BCUT2D eigenvalue weighted by atomic mass is 10.2. The van der Waals surface area contributed by atoms with Gasteiger partial charge in [0.1, 0.15) is 18.2 Å². The van der Waals surface area contributed by atoms with Gasteiger partial charge in [-0.2, -0.15) is 0 Å². The van der Waals surface area contributed by atoms with Gasteiger partial charge in [0.15, 0.2) is 0 Å². The molecule has 5 heteroatoms. The number of nitrogens with zero attached hydrogens (tertiary/aromatic N) is 2. The number of aromatic nitrogens is 2. The Hall–Kier alpha value is -2.82. The van der Waals surface area contributed by atoms with Crippen molar-refractivity contribution in [1.82, 2.24) is 14.9 Å². The number of ether oxygens (including phenoxy) is 1. The van der Waals surface area contributed by atoms with Crippen molar-refractivity contribution in [2.75, 3.05) is 13.2 Å². The van der Waals surface area contributed by atoms with E-state index >= 15 is 0 Å². The van der Waals surface area contributed by atoms with Gasteiger partial charge < -0.3 is 14.6 Å². The topological polar surface area (TPSA) is 56.1 Å². The maximum absolute atomic E-state index is 11.9. The Morgan fingerprint density at radius 1 is 1.19 bits per heavy atom. The quantitative estimate of drug-likeness (QED) is 0.666. The number of imidazole rings is 1. The summed E-state index contributed by atoms with van der Waals surface area (Å²) >= 11 is 0. The fraction of sp³-hybridized carbons (Fsp3) is 0.364. The van der Waals surface area contributed by atoms with Gasteiger partial charge >= 0.3 is 0 Å². The summed E-state index contributed by atoms with van der Waals surface area (Å²) in [6.07, 6.45) is 2.78. The first-order valence-corrected chi connectivity index (χ1v) is 9.62. The molecular formula is C22H25N3O2. The minimum atomic E-state index is 0.181. The molecule has 1 amide bonds. The van der Waals surface area contributed by atoms with Gasteiger partial charge in [0, 0.05) is 18.9 Å². The molecule has 1 aliphatic rings. The molecule has 1 fully saturated rings. The van der Waals surface area contributed by atoms with Crippen LogP contribution in [0.5, 0.6) is 5.75 Å². The van der Waals surface area contributed by atoms with Gasteiger partial charge in [0.25, 0.3) is 0 Å². The molecule has 140 valence electrons. The van der Waals surface area contributed by atoms with Crippen molar-refractivity contribution in [1.29, 1.82) is 0 Å². The number of benzene rings is 2. The van der Waals surface area contributed by atoms with Crippen molar-refractivity contribution >= 4 is 16.9 Å². The Bertz CT molecular complexity index is 944. The number of aryl methyl sites for hydroxylation is 1. The lowest BCUT2D eigenvalue weighted by Gasteiger charge is -2.12. The van der Waals surface area contributed by atoms with Gasteiger partial charge in [-0.05, 0) is 43.5 Å². The van der Waals surface area contributed by atoms with Crippen LogP contribution >= 0.6 is 0 Å². The van der Waals surface area contributed by atoms with Crippen LogP contribution in [-0.4, -0.2) is 28.6 Å². The fourth-order valence-electron chi connectivity index (χ4n) is 3.32. The van der Waals surface area contributed by atoms with E-state index in [2.05, 4.69) is 28.9 Å². The third-order valence-electron chi connectivity index (χ3n) is 5.00. The Kier molecular flexibility index (Phi) is 5.10. The molecule has 3 aromatic rings. The lowest BCUT2D eigenvalue weighted by molar-refractivity contribution is -0.122. The van der Waals surface area contributed by atoms with Crippen LogP contribution in [0.2, 0.25) is 0 Å². The SMILES string of the molecule is Cc1ccccc1OCCn1c(CCNC(=O)C2CC2)nc2ccccc21. The van der Waals surface area contributed by atoms with Crippen LogP contribution in [-0.2, 0) is 17.8 Å². The second-order valence-electron chi connectivity index (χ2n) is 7.10. The van der Waals surface area contributed by atoms with Gasteiger partial charge in [-0.15, -0.1) is 0 Å². The molecule has 0 spiro atoms. The molecule has 1 heterocycles. The Morgan fingerprint density at radius 3 is 2.78 bits per heavy atom. The van der Waals surface area contributed by atoms with Gasteiger partial charge in [0.05, 0.1) is 17.6 Å². The van der Waals surface area contributed by atoms with Crippen molar-refractivity contribution in [3.63, 3.8) is 0 Å². The highest BCUT2D eigenvalue weighted by Crippen LogP contribution is 2.28. The summed E-state index contributed by atoms with van der Waals surface area (Å²) in [5, 5.41) is 3.03. The average molecular weight is 363 g/mol. The Balaban J connectivity index is 1.44. The van der Waals surface area contributed by atoms with E-state index in [9.17, 15) is 4.79 Å². The van der Waals surface area contributed by atoms with Crippen LogP contribution in [0.15, 0.2) is 48.5 Å². The highest BCUT2D eigenvalue weighted by Gasteiger charge is 2.29. The number of hydrogen-bond donors (Lipinski definition) is 1. The van der Waals surface area contributed by atoms with Crippen LogP contribution in [0, 0.1) is 12.8 Å². The third-order valence-corrected chi connectivity index (χ3v) is 5.00. The number of carbonyl (C=O) groups excluding carboxylic acids is 1. The number of carbonyl (C=O) groups is 1. The van der Waals surface area contributed by atoms with E-state index in [1.165, 1.54) is 0 Å². The van der Waals surface area contributed by atoms with Crippen molar-refractivity contribution < 1.29 is 9.53 Å². The molecule has 0 atom stereocenters. The first-order valence-electron chi connectivity index (χ1n) is 9.62. The minimum absolute atomic E-state index is 0.181. The first-order chi connectivity index (χ1) is 13.2. The molecule has 1 aliphatic carbocycles. The minimum Gasteiger partial charge on any atom is -0.491 e. The molecule has 0 radical (unpaired) electrons. The zero-order valence-corrected chi connectivity index (χ0v) is 15.6. The lowest BCUT2D eigenvalue weighted by Crippen LogP contribution is -2.27. The standard InChI is InChI=1S/C22H25N3O2/c1-16-6-2-5-9-20(16)27-15-14-25-19-8-4-3-7-18(19)24-21(25)12-13-23-22(26)17-10-11-17/h2-9,17H,10-15H2,1H3,(H,23,26). The fourth-order valence-corrected chi connectivity index (χ4v) is 3.32. The van der Waals surface area contributed by atoms with Crippen LogP contribution in [0.1, 0.15) is 24.2 Å². The predicted molar refractivity (Wildman–Crippen MR) is 106 cm³/mol. The van der Waals surface area contributed by atoms with Crippen molar-refractivity contribution in [2.24, 2.45) is 5.92 Å². The van der Waals surface area contributed by atoms with E-state index in [1.807, 2.05) is 36.4 Å². The summed E-state index contributed by atoms with van der Waals surface area (Å²) < 4.78 is 8.18. The number of nitrogens with one attached hydrogen (secondary N) is 1. The summed E-state index contributed by atoms with van der Waals surface area (Å²) in [4.78, 5) is 16.6. The van der Waals surface area contributed by atoms with Gasteiger partial charge in [0.2, 0.25) is 5.91 Å². The monoisotopic (exact) mass is 363 g/mol. The van der Waals surface area contributed by atoms with Crippen molar-refractivity contribution in [2.45, 2.75) is 32.7 Å². The van der Waals surface area contributed by atoms with E-state index in [1.54, 1.807) is 0 Å². The predicted octanol–water partition coefficient (Wildman–Crippen LogP) is 3.49. The van der Waals surface area contributed by atoms with Gasteiger partial charge in [-0.25, -0.2) is 4.98 Å². The molecule has 2 aromatic carbocycles. The zero-order chi connectivity index (χ0) is 18.6. The van der Waals surface area contributed by atoms with Crippen molar-refractivity contribution in [3.8, 4) is 5.75 Å². The number of para-hydroxylation sites is 3. The summed E-state index contributed by atoms with van der Waals surface area (Å²) in [6.45, 7) is 3.97. The molecule has 1 saturated carbocycles. The molecule has 0 aliphatic heterocycles. The molecule has 5 nitrogen and oxygen atoms in total.